The van der Waals surface area contributed by atoms with Gasteiger partial charge in [0, 0.05) is 5.56 Å². The Labute approximate surface area is 105 Å². The number of carboxylic acids is 1. The van der Waals surface area contributed by atoms with Gasteiger partial charge >= 0.3 is 5.97 Å². The molecule has 0 spiro atoms. The van der Waals surface area contributed by atoms with Crippen molar-refractivity contribution in [3.05, 3.63) is 59.7 Å². The number of benzene rings is 2. The molecule has 90 valence electrons. The molecule has 3 nitrogen and oxygen atoms in total. The highest BCUT2D eigenvalue weighted by molar-refractivity contribution is 5.77. The molecule has 0 saturated heterocycles. The lowest BCUT2D eigenvalue weighted by Gasteiger charge is -2.04. The maximum absolute atomic E-state index is 10.7. The van der Waals surface area contributed by atoms with Gasteiger partial charge in [-0.25, -0.2) is 0 Å². The Morgan fingerprint density at radius 2 is 1.78 bits per heavy atom. The fraction of sp³-hybridized carbons (Fsp3) is 0.0667. The second-order valence-electron chi connectivity index (χ2n) is 4.01. The molecular weight excluding hydrogens is 228 g/mol. The van der Waals surface area contributed by atoms with Crippen LogP contribution >= 0.6 is 0 Å². The number of hydrogen-bond donors (Lipinski definition) is 1. The van der Waals surface area contributed by atoms with E-state index in [0.717, 1.165) is 23.0 Å². The Balaban J connectivity index is 2.31. The maximum atomic E-state index is 10.7. The molecule has 0 aliphatic rings. The van der Waals surface area contributed by atoms with Gasteiger partial charge in [-0.15, -0.1) is 0 Å². The molecule has 0 atom stereocenters. The van der Waals surface area contributed by atoms with Crippen molar-refractivity contribution >= 4 is 12.3 Å². The van der Waals surface area contributed by atoms with Crippen LogP contribution in [0.25, 0.3) is 11.1 Å². The summed E-state index contributed by atoms with van der Waals surface area (Å²) in [6, 6.07) is 14.6. The Morgan fingerprint density at radius 3 is 2.39 bits per heavy atom. The summed E-state index contributed by atoms with van der Waals surface area (Å²) in [6.07, 6.45) is 0.810. The topological polar surface area (TPSA) is 54.4 Å². The zero-order chi connectivity index (χ0) is 13.0. The van der Waals surface area contributed by atoms with Crippen molar-refractivity contribution in [2.75, 3.05) is 0 Å². The number of rotatable bonds is 4. The van der Waals surface area contributed by atoms with Crippen LogP contribution in [0.3, 0.4) is 0 Å². The van der Waals surface area contributed by atoms with Crippen LogP contribution < -0.4 is 0 Å². The zero-order valence-corrected chi connectivity index (χ0v) is 9.67. The molecule has 0 fully saturated rings. The van der Waals surface area contributed by atoms with Gasteiger partial charge in [0.1, 0.15) is 6.29 Å². The summed E-state index contributed by atoms with van der Waals surface area (Å²) in [6.45, 7) is 0. The van der Waals surface area contributed by atoms with E-state index in [2.05, 4.69) is 0 Å². The van der Waals surface area contributed by atoms with Gasteiger partial charge in [0.15, 0.2) is 0 Å². The second-order valence-corrected chi connectivity index (χ2v) is 4.01. The van der Waals surface area contributed by atoms with Crippen LogP contribution in [0.1, 0.15) is 15.9 Å². The van der Waals surface area contributed by atoms with Crippen molar-refractivity contribution in [1.29, 1.82) is 0 Å². The van der Waals surface area contributed by atoms with E-state index in [1.807, 2.05) is 30.3 Å². The minimum atomic E-state index is -0.844. The van der Waals surface area contributed by atoms with Crippen molar-refractivity contribution in [3.63, 3.8) is 0 Å². The largest absolute Gasteiger partial charge is 0.481 e. The molecule has 0 saturated carbocycles. The summed E-state index contributed by atoms with van der Waals surface area (Å²) in [4.78, 5) is 21.2. The molecule has 0 bridgehead atoms. The Bertz CT molecular complexity index is 571. The number of aliphatic carboxylic acids is 1. The average Bonchev–Trinajstić information content (AvgIpc) is 2.38. The Hall–Kier alpha value is -2.42. The molecule has 2 aromatic rings. The van der Waals surface area contributed by atoms with Gasteiger partial charge in [-0.05, 0) is 16.7 Å². The molecule has 3 heteroatoms. The molecule has 0 unspecified atom stereocenters. The summed E-state index contributed by atoms with van der Waals surface area (Å²) in [5.74, 6) is -0.844. The number of carbonyl (C=O) groups excluding carboxylic acids is 1. The summed E-state index contributed by atoms with van der Waals surface area (Å²) >= 11 is 0. The van der Waals surface area contributed by atoms with E-state index in [0.29, 0.717) is 5.56 Å². The fourth-order valence-electron chi connectivity index (χ4n) is 1.79. The summed E-state index contributed by atoms with van der Waals surface area (Å²) in [7, 11) is 0. The zero-order valence-electron chi connectivity index (χ0n) is 9.67. The van der Waals surface area contributed by atoms with Crippen LogP contribution in [0.15, 0.2) is 48.5 Å². The predicted octanol–water partition coefficient (Wildman–Crippen LogP) is 2.79. The van der Waals surface area contributed by atoms with Crippen molar-refractivity contribution in [2.45, 2.75) is 6.42 Å². The van der Waals surface area contributed by atoms with Crippen molar-refractivity contribution in [1.82, 2.24) is 0 Å². The fourth-order valence-corrected chi connectivity index (χ4v) is 1.79. The number of aldehydes is 1. The average molecular weight is 240 g/mol. The van der Waals surface area contributed by atoms with Gasteiger partial charge in [0.05, 0.1) is 6.42 Å². The molecule has 0 aliphatic heterocycles. The lowest BCUT2D eigenvalue weighted by Crippen LogP contribution is -1.99. The lowest BCUT2D eigenvalue weighted by atomic mass is 10.0. The third kappa shape index (κ3) is 2.83. The molecule has 0 heterocycles. The molecule has 0 aromatic heterocycles. The van der Waals surface area contributed by atoms with E-state index in [-0.39, 0.29) is 6.42 Å². The number of carbonyl (C=O) groups is 2. The van der Waals surface area contributed by atoms with Crippen LogP contribution in [0.4, 0.5) is 0 Å². The van der Waals surface area contributed by atoms with Gasteiger partial charge in [-0.1, -0.05) is 48.5 Å². The van der Waals surface area contributed by atoms with Crippen molar-refractivity contribution in [2.24, 2.45) is 0 Å². The minimum Gasteiger partial charge on any atom is -0.481 e. The molecule has 0 amide bonds. The first-order chi connectivity index (χ1) is 8.69. The van der Waals surface area contributed by atoms with Gasteiger partial charge in [-0.3, -0.25) is 9.59 Å². The highest BCUT2D eigenvalue weighted by Crippen LogP contribution is 2.21. The molecule has 0 radical (unpaired) electrons. The summed E-state index contributed by atoms with van der Waals surface area (Å²) in [5, 5.41) is 8.76. The van der Waals surface area contributed by atoms with Crippen LogP contribution in [0.2, 0.25) is 0 Å². The number of carboxylic acid groups (broad SMARTS) is 1. The standard InChI is InChI=1S/C15H12O3/c16-10-11-4-6-13(7-5-11)14-3-1-2-12(8-14)9-15(17)18/h1-8,10H,9H2,(H,17,18). The molecular formula is C15H12O3. The van der Waals surface area contributed by atoms with Crippen LogP contribution in [0.5, 0.6) is 0 Å². The third-order valence-corrected chi connectivity index (χ3v) is 2.66. The lowest BCUT2D eigenvalue weighted by molar-refractivity contribution is -0.136. The van der Waals surface area contributed by atoms with E-state index in [4.69, 9.17) is 5.11 Å². The van der Waals surface area contributed by atoms with Crippen LogP contribution in [-0.2, 0) is 11.2 Å². The van der Waals surface area contributed by atoms with Crippen molar-refractivity contribution in [3.8, 4) is 11.1 Å². The molecule has 18 heavy (non-hydrogen) atoms. The van der Waals surface area contributed by atoms with E-state index < -0.39 is 5.97 Å². The monoisotopic (exact) mass is 240 g/mol. The highest BCUT2D eigenvalue weighted by Gasteiger charge is 2.03. The van der Waals surface area contributed by atoms with E-state index in [9.17, 15) is 9.59 Å². The molecule has 0 aliphatic carbocycles. The van der Waals surface area contributed by atoms with Gasteiger partial charge in [0.25, 0.3) is 0 Å². The van der Waals surface area contributed by atoms with E-state index in [1.54, 1.807) is 18.2 Å². The van der Waals surface area contributed by atoms with Crippen LogP contribution in [0, 0.1) is 0 Å². The first-order valence-corrected chi connectivity index (χ1v) is 5.55. The quantitative estimate of drug-likeness (QED) is 0.836. The first-order valence-electron chi connectivity index (χ1n) is 5.55. The first kappa shape index (κ1) is 12.0. The Morgan fingerprint density at radius 1 is 1.06 bits per heavy atom. The minimum absolute atomic E-state index is 0.0141. The normalized spacial score (nSPS) is 10.0. The van der Waals surface area contributed by atoms with Gasteiger partial charge < -0.3 is 5.11 Å². The molecule has 2 aromatic carbocycles. The number of hydrogen-bond acceptors (Lipinski definition) is 2. The SMILES string of the molecule is O=Cc1ccc(-c2cccc(CC(=O)O)c2)cc1. The van der Waals surface area contributed by atoms with Gasteiger partial charge in [0.2, 0.25) is 0 Å². The Kier molecular flexibility index (Phi) is 3.53. The van der Waals surface area contributed by atoms with E-state index >= 15 is 0 Å². The highest BCUT2D eigenvalue weighted by atomic mass is 16.4. The summed E-state index contributed by atoms with van der Waals surface area (Å²) < 4.78 is 0. The van der Waals surface area contributed by atoms with Gasteiger partial charge in [-0.2, -0.15) is 0 Å². The second kappa shape index (κ2) is 5.27. The predicted molar refractivity (Wildman–Crippen MR) is 68.6 cm³/mol. The van der Waals surface area contributed by atoms with Crippen molar-refractivity contribution < 1.29 is 14.7 Å². The molecule has 1 N–H and O–H groups in total. The maximum Gasteiger partial charge on any atom is 0.307 e. The van der Waals surface area contributed by atoms with E-state index in [1.165, 1.54) is 0 Å². The van der Waals surface area contributed by atoms with Crippen LogP contribution in [-0.4, -0.2) is 17.4 Å². The smallest absolute Gasteiger partial charge is 0.307 e. The third-order valence-electron chi connectivity index (χ3n) is 2.66. The molecule has 2 rings (SSSR count). The summed E-state index contributed by atoms with van der Waals surface area (Å²) in [5.41, 5.74) is 3.30.